The molecule has 2 saturated carbocycles. The molecule has 0 radical (unpaired) electrons. The van der Waals surface area contributed by atoms with Crippen molar-refractivity contribution in [2.45, 2.75) is 95.0 Å². The van der Waals surface area contributed by atoms with Crippen LogP contribution in [-0.4, -0.2) is 141 Å². The van der Waals surface area contributed by atoms with E-state index in [9.17, 15) is 24.2 Å². The zero-order valence-electron chi connectivity index (χ0n) is 41.2. The van der Waals surface area contributed by atoms with Crippen LogP contribution in [0.25, 0.3) is 32.9 Å². The zero-order chi connectivity index (χ0) is 50.6. The molecule has 384 valence electrons. The number of hydrogen-bond donors (Lipinski definition) is 3. The maximum Gasteiger partial charge on any atom is 0.319 e. The van der Waals surface area contributed by atoms with Gasteiger partial charge in [-0.15, -0.1) is 0 Å². The number of rotatable bonds is 11. The maximum absolute atomic E-state index is 16.9. The van der Waals surface area contributed by atoms with Gasteiger partial charge in [-0.25, -0.2) is 17.6 Å². The summed E-state index contributed by atoms with van der Waals surface area (Å²) in [4.78, 5) is 50.3. The van der Waals surface area contributed by atoms with Gasteiger partial charge in [0.15, 0.2) is 17.5 Å². The van der Waals surface area contributed by atoms with Gasteiger partial charge in [0.1, 0.15) is 34.5 Å². The minimum absolute atomic E-state index is 0.000767. The molecule has 2 aromatic heterocycles. The SMILES string of the molecule is C=C1CC[C@H](N2Cc3cc(N4CCN(CC5(F)CC6(CCN(CC7(COc8nc(N9CCC[C@@](C)(O)C9)c9cnc(-c%10cc(O)cc%11ccc(F)c(F)c%10%11)c(F)c9n8)CC7)CC6)C5)CC4)ccc3C2=O)C(=O)N1. The number of β-amino-alcohol motifs (C(OH)–C–C–N with tert-alkyl or cyclic N) is 1. The number of fused-ring (bicyclic) bond motifs is 3. The number of hydrogen-bond acceptors (Lipinski definition) is 12. The third-order valence-electron chi connectivity index (χ3n) is 17.1. The second-order valence-electron chi connectivity index (χ2n) is 22.7. The molecule has 2 aliphatic carbocycles. The molecule has 5 aromatic rings. The van der Waals surface area contributed by atoms with Crippen molar-refractivity contribution >= 4 is 45.0 Å². The van der Waals surface area contributed by atoms with Gasteiger partial charge in [0.05, 0.1) is 17.6 Å². The summed E-state index contributed by atoms with van der Waals surface area (Å²) in [5.41, 5.74) is 0.326. The third-order valence-corrected chi connectivity index (χ3v) is 17.1. The summed E-state index contributed by atoms with van der Waals surface area (Å²) in [5.74, 6) is -3.44. The lowest BCUT2D eigenvalue weighted by Crippen LogP contribution is -2.60. The van der Waals surface area contributed by atoms with Gasteiger partial charge in [0.25, 0.3) is 5.91 Å². The van der Waals surface area contributed by atoms with Crippen LogP contribution in [0, 0.1) is 28.3 Å². The van der Waals surface area contributed by atoms with E-state index in [1.807, 2.05) is 17.0 Å². The van der Waals surface area contributed by atoms with E-state index in [1.165, 1.54) is 18.3 Å². The van der Waals surface area contributed by atoms with Crippen molar-refractivity contribution in [3.63, 3.8) is 0 Å². The number of alkyl halides is 1. The van der Waals surface area contributed by atoms with Crippen LogP contribution in [0.15, 0.2) is 60.9 Å². The molecule has 4 saturated heterocycles. The highest BCUT2D eigenvalue weighted by Gasteiger charge is 2.57. The fourth-order valence-electron chi connectivity index (χ4n) is 13.0. The van der Waals surface area contributed by atoms with Gasteiger partial charge in [-0.3, -0.25) is 19.5 Å². The molecule has 0 bridgehead atoms. The van der Waals surface area contributed by atoms with Crippen LogP contribution < -0.4 is 19.9 Å². The number of phenols is 1. The standard InChI is InChI=1S/C55H61F4N9O5/c1-33-4-9-42(49(70)61-33)68-26-35-22-36(6-7-38(35)50(68)71)66-20-18-65(19-21-66)31-55(59)27-53(28-55)13-16-64(17-14-53)30-54(11-12-54)32-73-51-62-47-40(48(63-51)67-15-3-10-52(2,72)29-67)25-60-46(45(47)58)39-24-37(69)23-34-5-8-41(56)44(57)43(34)39/h5-8,22-25,42,69,72H,1,3-4,9-21,26-32H2,2H3,(H,61,70)/t42-,52+/m0/s1. The Morgan fingerprint density at radius 3 is 2.37 bits per heavy atom. The van der Waals surface area contributed by atoms with Crippen LogP contribution in [0.1, 0.15) is 87.1 Å². The molecule has 14 nitrogen and oxygen atoms in total. The number of halogens is 4. The number of benzene rings is 3. The fraction of sp³-hybridized carbons (Fsp3) is 0.509. The van der Waals surface area contributed by atoms with Crippen molar-refractivity contribution in [3.05, 3.63) is 89.5 Å². The molecular weight excluding hydrogens is 943 g/mol. The molecule has 6 fully saturated rings. The van der Waals surface area contributed by atoms with Crippen molar-refractivity contribution in [1.29, 1.82) is 0 Å². The van der Waals surface area contributed by atoms with E-state index in [0.717, 1.165) is 94.9 Å². The quantitative estimate of drug-likeness (QED) is 0.112. The highest BCUT2D eigenvalue weighted by Crippen LogP contribution is 2.58. The van der Waals surface area contributed by atoms with Crippen molar-refractivity contribution in [2.24, 2.45) is 10.8 Å². The summed E-state index contributed by atoms with van der Waals surface area (Å²) in [6, 6.07) is 10.1. The Morgan fingerprint density at radius 2 is 1.63 bits per heavy atom. The Kier molecular flexibility index (Phi) is 11.7. The minimum atomic E-state index is -1.21. The van der Waals surface area contributed by atoms with Gasteiger partial charge in [-0.1, -0.05) is 12.6 Å². The molecular formula is C55H61F4N9O5. The number of amides is 2. The number of carbonyl (C=O) groups excluding carboxylic acids is 2. The first kappa shape index (κ1) is 47.9. The molecule has 3 N–H and O–H groups in total. The zero-order valence-corrected chi connectivity index (χ0v) is 41.2. The number of ether oxygens (including phenoxy) is 1. The Labute approximate surface area is 421 Å². The lowest BCUT2D eigenvalue weighted by molar-refractivity contribution is -0.126. The van der Waals surface area contributed by atoms with Crippen molar-refractivity contribution in [2.75, 3.05) is 81.9 Å². The number of aromatic hydroxyl groups is 1. The minimum Gasteiger partial charge on any atom is -0.508 e. The first-order valence-electron chi connectivity index (χ1n) is 25.8. The summed E-state index contributed by atoms with van der Waals surface area (Å²) in [7, 11) is 0. The number of piperazine rings is 1. The van der Waals surface area contributed by atoms with Gasteiger partial charge in [-0.2, -0.15) is 9.97 Å². The normalized spacial score (nSPS) is 24.8. The number of aliphatic hydroxyl groups is 1. The van der Waals surface area contributed by atoms with Crippen molar-refractivity contribution < 1.29 is 42.1 Å². The van der Waals surface area contributed by atoms with E-state index < -0.39 is 34.8 Å². The van der Waals surface area contributed by atoms with Gasteiger partial charge in [0, 0.05) is 98.4 Å². The van der Waals surface area contributed by atoms with Crippen LogP contribution in [0.4, 0.5) is 29.1 Å². The number of nitrogens with one attached hydrogen (secondary N) is 1. The largest absolute Gasteiger partial charge is 0.508 e. The van der Waals surface area contributed by atoms with Crippen LogP contribution in [0.5, 0.6) is 11.8 Å². The molecule has 0 unspecified atom stereocenters. The first-order valence-corrected chi connectivity index (χ1v) is 25.8. The highest BCUT2D eigenvalue weighted by molar-refractivity contribution is 6.02. The number of phenolic OH excluding ortho intramolecular Hbond substituents is 1. The molecule has 18 heteroatoms. The van der Waals surface area contributed by atoms with E-state index in [-0.39, 0.29) is 73.9 Å². The van der Waals surface area contributed by atoms with E-state index in [4.69, 9.17) is 9.72 Å². The molecule has 12 rings (SSSR count). The smallest absolute Gasteiger partial charge is 0.319 e. The van der Waals surface area contributed by atoms with E-state index >= 15 is 13.2 Å². The third kappa shape index (κ3) is 9.00. The second-order valence-corrected chi connectivity index (χ2v) is 22.7. The molecule has 7 aliphatic rings. The van der Waals surface area contributed by atoms with Crippen molar-refractivity contribution in [3.8, 4) is 23.0 Å². The number of allylic oxidation sites excluding steroid dienone is 1. The van der Waals surface area contributed by atoms with Crippen LogP contribution >= 0.6 is 0 Å². The summed E-state index contributed by atoms with van der Waals surface area (Å²) in [6.07, 6.45) is 8.73. The molecule has 2 atom stereocenters. The predicted octanol–water partition coefficient (Wildman–Crippen LogP) is 7.63. The number of carbonyl (C=O) groups is 2. The summed E-state index contributed by atoms with van der Waals surface area (Å²) < 4.78 is 69.7. The van der Waals surface area contributed by atoms with E-state index in [2.05, 4.69) is 42.6 Å². The lowest BCUT2D eigenvalue weighted by Gasteiger charge is -2.57. The van der Waals surface area contributed by atoms with E-state index in [0.29, 0.717) is 81.8 Å². The van der Waals surface area contributed by atoms with Gasteiger partial charge in [-0.05, 0) is 137 Å². The monoisotopic (exact) mass is 1000 g/mol. The number of likely N-dealkylation sites (tertiary alicyclic amines) is 1. The molecule has 3 aromatic carbocycles. The van der Waals surface area contributed by atoms with Gasteiger partial charge < -0.3 is 39.9 Å². The summed E-state index contributed by atoms with van der Waals surface area (Å²) in [5, 5.41) is 24.6. The number of nitrogens with zero attached hydrogens (tertiary/aromatic N) is 8. The Balaban J connectivity index is 0.664. The van der Waals surface area contributed by atoms with Crippen LogP contribution in [-0.2, 0) is 11.3 Å². The average Bonchev–Trinajstić information content (AvgIpc) is 4.04. The Bertz CT molecular complexity index is 3070. The highest BCUT2D eigenvalue weighted by atomic mass is 19.2. The topological polar surface area (TPSA) is 151 Å². The lowest BCUT2D eigenvalue weighted by atomic mass is 9.55. The number of anilines is 2. The predicted molar refractivity (Wildman–Crippen MR) is 267 cm³/mol. The molecule has 1 spiro atoms. The maximum atomic E-state index is 16.9. The first-order chi connectivity index (χ1) is 34.9. The number of pyridine rings is 1. The van der Waals surface area contributed by atoms with E-state index in [1.54, 1.807) is 11.8 Å². The number of piperidine rings is 3. The summed E-state index contributed by atoms with van der Waals surface area (Å²) in [6.45, 7) is 13.1. The summed E-state index contributed by atoms with van der Waals surface area (Å²) >= 11 is 0. The van der Waals surface area contributed by atoms with Gasteiger partial charge >= 0.3 is 6.01 Å². The molecule has 7 heterocycles. The molecule has 2 amide bonds. The Hall–Kier alpha value is -6.11. The fourth-order valence-corrected chi connectivity index (χ4v) is 13.0. The Morgan fingerprint density at radius 1 is 0.863 bits per heavy atom. The van der Waals surface area contributed by atoms with Crippen LogP contribution in [0.2, 0.25) is 0 Å². The molecule has 73 heavy (non-hydrogen) atoms. The molecule has 5 aliphatic heterocycles. The van der Waals surface area contributed by atoms with Crippen LogP contribution in [0.3, 0.4) is 0 Å². The van der Waals surface area contributed by atoms with Crippen molar-refractivity contribution in [1.82, 2.24) is 35.0 Å². The average molecular weight is 1000 g/mol. The van der Waals surface area contributed by atoms with Gasteiger partial charge in [0.2, 0.25) is 5.91 Å². The second kappa shape index (κ2) is 17.8. The number of aromatic nitrogens is 3.